The molecule has 1 fully saturated rings. The van der Waals surface area contributed by atoms with Crippen molar-refractivity contribution >= 4 is 0 Å². The van der Waals surface area contributed by atoms with Gasteiger partial charge in [-0.3, -0.25) is 0 Å². The summed E-state index contributed by atoms with van der Waals surface area (Å²) in [4.78, 5) is 2.42. The van der Waals surface area contributed by atoms with Crippen molar-refractivity contribution in [1.29, 1.82) is 0 Å². The number of nitrogens with zero attached hydrogens (tertiary/aromatic N) is 1. The molecule has 3 nitrogen and oxygen atoms in total. The summed E-state index contributed by atoms with van der Waals surface area (Å²) in [5.74, 6) is 1.65. The first kappa shape index (κ1) is 14.2. The third kappa shape index (κ3) is 2.71. The Labute approximate surface area is 116 Å². The number of likely N-dealkylation sites (tertiary alicyclic amines) is 1. The predicted octanol–water partition coefficient (Wildman–Crippen LogP) is 3.08. The van der Waals surface area contributed by atoms with Crippen LogP contribution in [0.2, 0.25) is 0 Å². The van der Waals surface area contributed by atoms with Gasteiger partial charge in [0.25, 0.3) is 0 Å². The molecular formula is C16H25NO2. The first-order valence-electron chi connectivity index (χ1n) is 7.06. The molecule has 19 heavy (non-hydrogen) atoms. The quantitative estimate of drug-likeness (QED) is 0.815. The van der Waals surface area contributed by atoms with Crippen LogP contribution in [0.5, 0.6) is 11.5 Å². The van der Waals surface area contributed by atoms with E-state index in [1.165, 1.54) is 31.4 Å². The molecular weight excluding hydrogens is 238 g/mol. The molecule has 106 valence electrons. The molecule has 1 atom stereocenters. The lowest BCUT2D eigenvalue weighted by Gasteiger charge is -2.30. The largest absolute Gasteiger partial charge is 0.493 e. The summed E-state index contributed by atoms with van der Waals surface area (Å²) in [7, 11) is 5.59. The van der Waals surface area contributed by atoms with Crippen LogP contribution in [0.15, 0.2) is 18.2 Å². The third-order valence-corrected chi connectivity index (χ3v) is 4.27. The highest BCUT2D eigenvalue weighted by atomic mass is 16.5. The number of methoxy groups -OCH3 is 2. The fraction of sp³-hybridized carbons (Fsp3) is 0.625. The van der Waals surface area contributed by atoms with Crippen molar-refractivity contribution in [3.63, 3.8) is 0 Å². The standard InChI is InChI=1S/C16H25NO2/c1-5-8-16(9-10-17(2)12-16)13-6-7-14(18-3)15(11-13)19-4/h6-7,11H,5,8-10,12H2,1-4H3. The fourth-order valence-corrected chi connectivity index (χ4v) is 3.31. The number of ether oxygens (including phenoxy) is 2. The maximum Gasteiger partial charge on any atom is 0.161 e. The number of hydrogen-bond acceptors (Lipinski definition) is 3. The summed E-state index contributed by atoms with van der Waals surface area (Å²) < 4.78 is 10.8. The Balaban J connectivity index is 2.37. The van der Waals surface area contributed by atoms with E-state index in [1.807, 2.05) is 6.07 Å². The molecule has 1 aliphatic rings. The second kappa shape index (κ2) is 5.83. The Bertz CT molecular complexity index is 429. The van der Waals surface area contributed by atoms with Crippen molar-refractivity contribution in [2.75, 3.05) is 34.4 Å². The highest BCUT2D eigenvalue weighted by Gasteiger charge is 2.37. The Hall–Kier alpha value is -1.22. The second-order valence-electron chi connectivity index (χ2n) is 5.59. The van der Waals surface area contributed by atoms with E-state index in [1.54, 1.807) is 14.2 Å². The summed E-state index contributed by atoms with van der Waals surface area (Å²) in [6.45, 7) is 4.57. The first-order chi connectivity index (χ1) is 9.15. The van der Waals surface area contributed by atoms with Crippen LogP contribution in [0.4, 0.5) is 0 Å². The van der Waals surface area contributed by atoms with Gasteiger partial charge in [0.05, 0.1) is 14.2 Å². The predicted molar refractivity (Wildman–Crippen MR) is 78.2 cm³/mol. The van der Waals surface area contributed by atoms with Crippen LogP contribution in [0.1, 0.15) is 31.7 Å². The van der Waals surface area contributed by atoms with E-state index in [-0.39, 0.29) is 5.41 Å². The fourth-order valence-electron chi connectivity index (χ4n) is 3.31. The zero-order chi connectivity index (χ0) is 13.9. The van der Waals surface area contributed by atoms with E-state index in [9.17, 15) is 0 Å². The van der Waals surface area contributed by atoms with Gasteiger partial charge in [-0.15, -0.1) is 0 Å². The van der Waals surface area contributed by atoms with Crippen molar-refractivity contribution in [3.05, 3.63) is 23.8 Å². The van der Waals surface area contributed by atoms with E-state index >= 15 is 0 Å². The Morgan fingerprint density at radius 2 is 1.95 bits per heavy atom. The van der Waals surface area contributed by atoms with E-state index < -0.39 is 0 Å². The minimum absolute atomic E-state index is 0.281. The lowest BCUT2D eigenvalue weighted by Crippen LogP contribution is -2.29. The molecule has 0 N–H and O–H groups in total. The first-order valence-corrected chi connectivity index (χ1v) is 7.06. The van der Waals surface area contributed by atoms with Crippen molar-refractivity contribution in [2.24, 2.45) is 0 Å². The van der Waals surface area contributed by atoms with Gasteiger partial charge in [0, 0.05) is 12.0 Å². The highest BCUT2D eigenvalue weighted by Crippen LogP contribution is 2.41. The number of rotatable bonds is 5. The van der Waals surface area contributed by atoms with Gasteiger partial charge in [-0.25, -0.2) is 0 Å². The van der Waals surface area contributed by atoms with E-state index in [0.717, 1.165) is 18.0 Å². The molecule has 0 aromatic heterocycles. The molecule has 1 heterocycles. The summed E-state index contributed by atoms with van der Waals surface area (Å²) in [6, 6.07) is 6.40. The van der Waals surface area contributed by atoms with Crippen LogP contribution in [0, 0.1) is 0 Å². The maximum atomic E-state index is 5.45. The van der Waals surface area contributed by atoms with Gasteiger partial charge in [0.15, 0.2) is 11.5 Å². The summed E-state index contributed by atoms with van der Waals surface area (Å²) in [5.41, 5.74) is 1.67. The average molecular weight is 263 g/mol. The molecule has 0 spiro atoms. The summed E-state index contributed by atoms with van der Waals surface area (Å²) >= 11 is 0. The number of hydrogen-bond donors (Lipinski definition) is 0. The SMILES string of the molecule is CCCC1(c2ccc(OC)c(OC)c2)CCN(C)C1. The molecule has 1 aromatic carbocycles. The molecule has 3 heteroatoms. The van der Waals surface area contributed by atoms with Crippen molar-refractivity contribution in [1.82, 2.24) is 4.90 Å². The molecule has 0 saturated carbocycles. The zero-order valence-corrected chi connectivity index (χ0v) is 12.5. The van der Waals surface area contributed by atoms with E-state index in [4.69, 9.17) is 9.47 Å². The molecule has 1 unspecified atom stereocenters. The van der Waals surface area contributed by atoms with Crippen LogP contribution in [-0.2, 0) is 5.41 Å². The molecule has 1 saturated heterocycles. The molecule has 2 rings (SSSR count). The molecule has 0 amide bonds. The van der Waals surface area contributed by atoms with Gasteiger partial charge in [0.2, 0.25) is 0 Å². The van der Waals surface area contributed by atoms with Crippen LogP contribution in [0.3, 0.4) is 0 Å². The van der Waals surface area contributed by atoms with Crippen molar-refractivity contribution in [3.8, 4) is 11.5 Å². The Kier molecular flexibility index (Phi) is 4.35. The maximum absolute atomic E-state index is 5.45. The monoisotopic (exact) mass is 263 g/mol. The van der Waals surface area contributed by atoms with Gasteiger partial charge in [0.1, 0.15) is 0 Å². The Morgan fingerprint density at radius 1 is 1.21 bits per heavy atom. The zero-order valence-electron chi connectivity index (χ0n) is 12.5. The third-order valence-electron chi connectivity index (χ3n) is 4.27. The van der Waals surface area contributed by atoms with Crippen LogP contribution >= 0.6 is 0 Å². The van der Waals surface area contributed by atoms with Crippen LogP contribution < -0.4 is 9.47 Å². The van der Waals surface area contributed by atoms with E-state index in [2.05, 4.69) is 31.0 Å². The van der Waals surface area contributed by atoms with Crippen molar-refractivity contribution in [2.45, 2.75) is 31.6 Å². The molecule has 0 radical (unpaired) electrons. The smallest absolute Gasteiger partial charge is 0.161 e. The average Bonchev–Trinajstić information content (AvgIpc) is 2.81. The minimum Gasteiger partial charge on any atom is -0.493 e. The van der Waals surface area contributed by atoms with Gasteiger partial charge >= 0.3 is 0 Å². The number of benzene rings is 1. The van der Waals surface area contributed by atoms with Crippen molar-refractivity contribution < 1.29 is 9.47 Å². The molecule has 0 aliphatic carbocycles. The molecule has 1 aromatic rings. The van der Waals surface area contributed by atoms with Gasteiger partial charge < -0.3 is 14.4 Å². The van der Waals surface area contributed by atoms with Crippen LogP contribution in [0.25, 0.3) is 0 Å². The highest BCUT2D eigenvalue weighted by molar-refractivity contribution is 5.45. The van der Waals surface area contributed by atoms with E-state index in [0.29, 0.717) is 0 Å². The number of likely N-dealkylation sites (N-methyl/N-ethyl adjacent to an activating group) is 1. The topological polar surface area (TPSA) is 21.7 Å². The molecule has 0 bridgehead atoms. The van der Waals surface area contributed by atoms with Gasteiger partial charge in [-0.2, -0.15) is 0 Å². The van der Waals surface area contributed by atoms with Gasteiger partial charge in [-0.05, 0) is 44.1 Å². The normalized spacial score (nSPS) is 23.6. The summed E-state index contributed by atoms with van der Waals surface area (Å²) in [6.07, 6.45) is 3.67. The van der Waals surface area contributed by atoms with Crippen LogP contribution in [-0.4, -0.2) is 39.3 Å². The lowest BCUT2D eigenvalue weighted by atomic mass is 9.76. The lowest BCUT2D eigenvalue weighted by molar-refractivity contribution is 0.340. The summed E-state index contributed by atoms with van der Waals surface area (Å²) in [5, 5.41) is 0. The van der Waals surface area contributed by atoms with Gasteiger partial charge in [-0.1, -0.05) is 19.4 Å². The minimum atomic E-state index is 0.281. The Morgan fingerprint density at radius 3 is 2.47 bits per heavy atom. The second-order valence-corrected chi connectivity index (χ2v) is 5.59. The molecule has 1 aliphatic heterocycles.